The summed E-state index contributed by atoms with van der Waals surface area (Å²) in [5, 5.41) is 8.78. The van der Waals surface area contributed by atoms with Crippen molar-refractivity contribution < 1.29 is 9.13 Å². The number of nitriles is 1. The predicted molar refractivity (Wildman–Crippen MR) is 66.6 cm³/mol. The minimum atomic E-state index is -0.242. The molecule has 3 heteroatoms. The Morgan fingerprint density at radius 1 is 1.22 bits per heavy atom. The van der Waals surface area contributed by atoms with E-state index in [0.29, 0.717) is 23.5 Å². The number of hydrogen-bond donors (Lipinski definition) is 0. The molecule has 0 saturated carbocycles. The fourth-order valence-electron chi connectivity index (χ4n) is 1.60. The molecule has 0 aromatic heterocycles. The first-order chi connectivity index (χ1) is 8.69. The lowest BCUT2D eigenvalue weighted by Crippen LogP contribution is -1.96. The Morgan fingerprint density at radius 3 is 2.78 bits per heavy atom. The molecule has 0 aliphatic carbocycles. The van der Waals surface area contributed by atoms with E-state index in [2.05, 4.69) is 6.07 Å². The van der Waals surface area contributed by atoms with Crippen molar-refractivity contribution in [2.24, 2.45) is 0 Å². The van der Waals surface area contributed by atoms with Gasteiger partial charge in [-0.05, 0) is 48.4 Å². The van der Waals surface area contributed by atoms with Gasteiger partial charge in [-0.1, -0.05) is 12.1 Å². The van der Waals surface area contributed by atoms with Crippen LogP contribution in [0.25, 0.3) is 0 Å². The van der Waals surface area contributed by atoms with E-state index in [4.69, 9.17) is 10.00 Å². The predicted octanol–water partition coefficient (Wildman–Crippen LogP) is 3.58. The number of halogens is 1. The van der Waals surface area contributed by atoms with Gasteiger partial charge in [-0.3, -0.25) is 0 Å². The molecule has 90 valence electrons. The van der Waals surface area contributed by atoms with Crippen LogP contribution in [0.1, 0.15) is 16.7 Å². The van der Waals surface area contributed by atoms with Crippen molar-refractivity contribution >= 4 is 0 Å². The number of aryl methyl sites for hydroxylation is 1. The zero-order valence-electron chi connectivity index (χ0n) is 9.98. The Bertz CT molecular complexity index is 602. The van der Waals surface area contributed by atoms with Crippen LogP contribution in [0.2, 0.25) is 0 Å². The van der Waals surface area contributed by atoms with E-state index >= 15 is 0 Å². The third-order valence-electron chi connectivity index (χ3n) is 2.59. The molecule has 0 unspecified atom stereocenters. The normalized spacial score (nSPS) is 9.83. The zero-order valence-corrected chi connectivity index (χ0v) is 9.98. The molecular weight excluding hydrogens is 229 g/mol. The highest BCUT2D eigenvalue weighted by Gasteiger charge is 2.01. The Hall–Kier alpha value is -2.34. The second-order valence-electron chi connectivity index (χ2n) is 4.01. The molecule has 0 radical (unpaired) electrons. The van der Waals surface area contributed by atoms with Gasteiger partial charge in [-0.25, -0.2) is 4.39 Å². The molecule has 2 aromatic carbocycles. The molecular formula is C15H12FNO. The molecule has 2 aromatic rings. The van der Waals surface area contributed by atoms with Crippen molar-refractivity contribution in [3.05, 3.63) is 65.0 Å². The summed E-state index contributed by atoms with van der Waals surface area (Å²) in [6.45, 7) is 2.05. The Balaban J connectivity index is 2.07. The maximum Gasteiger partial charge on any atom is 0.126 e. The highest BCUT2D eigenvalue weighted by molar-refractivity contribution is 5.33. The van der Waals surface area contributed by atoms with Crippen LogP contribution in [0, 0.1) is 24.1 Å². The Morgan fingerprint density at radius 2 is 2.06 bits per heavy atom. The number of nitrogens with zero attached hydrogens (tertiary/aromatic N) is 1. The number of benzene rings is 2. The second-order valence-corrected chi connectivity index (χ2v) is 4.01. The van der Waals surface area contributed by atoms with Gasteiger partial charge in [-0.2, -0.15) is 5.26 Å². The van der Waals surface area contributed by atoms with E-state index in [0.717, 1.165) is 5.56 Å². The van der Waals surface area contributed by atoms with Gasteiger partial charge in [0.2, 0.25) is 0 Å². The third kappa shape index (κ3) is 2.86. The van der Waals surface area contributed by atoms with E-state index in [1.165, 1.54) is 6.07 Å². The number of hydrogen-bond acceptors (Lipinski definition) is 2. The molecule has 0 bridgehead atoms. The summed E-state index contributed by atoms with van der Waals surface area (Å²) in [6, 6.07) is 13.9. The topological polar surface area (TPSA) is 33.0 Å². The molecule has 0 atom stereocenters. The monoisotopic (exact) mass is 241 g/mol. The van der Waals surface area contributed by atoms with Crippen LogP contribution in [-0.2, 0) is 6.61 Å². The first kappa shape index (κ1) is 12.1. The summed E-state index contributed by atoms with van der Waals surface area (Å²) in [4.78, 5) is 0. The van der Waals surface area contributed by atoms with E-state index in [-0.39, 0.29) is 5.82 Å². The van der Waals surface area contributed by atoms with Crippen LogP contribution in [0.3, 0.4) is 0 Å². The highest BCUT2D eigenvalue weighted by Crippen LogP contribution is 2.17. The van der Waals surface area contributed by atoms with Gasteiger partial charge in [-0.15, -0.1) is 0 Å². The van der Waals surface area contributed by atoms with Gasteiger partial charge in [0.15, 0.2) is 0 Å². The molecule has 0 heterocycles. The summed E-state index contributed by atoms with van der Waals surface area (Å²) >= 11 is 0. The van der Waals surface area contributed by atoms with Crippen molar-refractivity contribution in [1.29, 1.82) is 5.26 Å². The van der Waals surface area contributed by atoms with Crippen LogP contribution >= 0.6 is 0 Å². The molecule has 0 aliphatic heterocycles. The van der Waals surface area contributed by atoms with E-state index in [1.807, 2.05) is 12.1 Å². The molecule has 18 heavy (non-hydrogen) atoms. The summed E-state index contributed by atoms with van der Waals surface area (Å²) in [5.41, 5.74) is 2.07. The van der Waals surface area contributed by atoms with Gasteiger partial charge >= 0.3 is 0 Å². The van der Waals surface area contributed by atoms with E-state index in [9.17, 15) is 4.39 Å². The summed E-state index contributed by atoms with van der Waals surface area (Å²) < 4.78 is 18.6. The Kier molecular flexibility index (Phi) is 3.59. The largest absolute Gasteiger partial charge is 0.489 e. The standard InChI is InChI=1S/C15H12FNO/c1-11-7-14(5-6-15(11)16)18-10-13-4-2-3-12(8-13)9-17/h2-8H,10H2,1H3. The zero-order chi connectivity index (χ0) is 13.0. The van der Waals surface area contributed by atoms with Crippen LogP contribution in [0.15, 0.2) is 42.5 Å². The Labute approximate surface area is 105 Å². The lowest BCUT2D eigenvalue weighted by molar-refractivity contribution is 0.305. The summed E-state index contributed by atoms with van der Waals surface area (Å²) in [7, 11) is 0. The second kappa shape index (κ2) is 5.33. The fraction of sp³-hybridized carbons (Fsp3) is 0.133. The van der Waals surface area contributed by atoms with Crippen LogP contribution < -0.4 is 4.74 Å². The molecule has 0 aliphatic rings. The maximum atomic E-state index is 13.1. The molecule has 0 saturated heterocycles. The lowest BCUT2D eigenvalue weighted by Gasteiger charge is -2.07. The van der Waals surface area contributed by atoms with Crippen molar-refractivity contribution in [3.63, 3.8) is 0 Å². The molecule has 0 spiro atoms. The van der Waals surface area contributed by atoms with E-state index < -0.39 is 0 Å². The van der Waals surface area contributed by atoms with E-state index in [1.54, 1.807) is 31.2 Å². The van der Waals surface area contributed by atoms with Crippen molar-refractivity contribution in [2.75, 3.05) is 0 Å². The number of rotatable bonds is 3. The highest BCUT2D eigenvalue weighted by atomic mass is 19.1. The molecule has 2 nitrogen and oxygen atoms in total. The van der Waals surface area contributed by atoms with Gasteiger partial charge in [0.05, 0.1) is 11.6 Å². The molecule has 0 fully saturated rings. The summed E-state index contributed by atoms with van der Waals surface area (Å²) in [6.07, 6.45) is 0. The van der Waals surface area contributed by atoms with Crippen LogP contribution in [0.5, 0.6) is 5.75 Å². The van der Waals surface area contributed by atoms with Gasteiger partial charge in [0.1, 0.15) is 18.2 Å². The van der Waals surface area contributed by atoms with Crippen molar-refractivity contribution in [2.45, 2.75) is 13.5 Å². The fourth-order valence-corrected chi connectivity index (χ4v) is 1.60. The lowest BCUT2D eigenvalue weighted by atomic mass is 10.1. The minimum absolute atomic E-state index is 0.242. The average Bonchev–Trinajstić information content (AvgIpc) is 2.40. The van der Waals surface area contributed by atoms with Crippen LogP contribution in [-0.4, -0.2) is 0 Å². The van der Waals surface area contributed by atoms with Crippen molar-refractivity contribution in [3.8, 4) is 11.8 Å². The first-order valence-electron chi connectivity index (χ1n) is 5.57. The third-order valence-corrected chi connectivity index (χ3v) is 2.59. The van der Waals surface area contributed by atoms with Crippen LogP contribution in [0.4, 0.5) is 4.39 Å². The maximum absolute atomic E-state index is 13.1. The SMILES string of the molecule is Cc1cc(OCc2cccc(C#N)c2)ccc1F. The van der Waals surface area contributed by atoms with Gasteiger partial charge in [0, 0.05) is 0 Å². The molecule has 2 rings (SSSR count). The first-order valence-corrected chi connectivity index (χ1v) is 5.57. The average molecular weight is 241 g/mol. The minimum Gasteiger partial charge on any atom is -0.489 e. The van der Waals surface area contributed by atoms with Gasteiger partial charge < -0.3 is 4.74 Å². The van der Waals surface area contributed by atoms with Gasteiger partial charge in [0.25, 0.3) is 0 Å². The molecule has 0 N–H and O–H groups in total. The number of ether oxygens (including phenoxy) is 1. The molecule has 0 amide bonds. The summed E-state index contributed by atoms with van der Waals surface area (Å²) in [5.74, 6) is 0.380. The van der Waals surface area contributed by atoms with Crippen molar-refractivity contribution in [1.82, 2.24) is 0 Å². The smallest absolute Gasteiger partial charge is 0.126 e. The quantitative estimate of drug-likeness (QED) is 0.822.